The maximum atomic E-state index is 13.4. The molecule has 0 spiro atoms. The number of Topliss-reactive ketones (excluding diaryl/α,β-unsaturated/α-hetero) is 1. The van der Waals surface area contributed by atoms with Crippen LogP contribution in [0.1, 0.15) is 38.7 Å². The van der Waals surface area contributed by atoms with Gasteiger partial charge in [-0.1, -0.05) is 26.0 Å². The molecule has 1 rings (SSSR count). The lowest BCUT2D eigenvalue weighted by atomic mass is 9.94. The smallest absolute Gasteiger partial charge is 0.162 e. The highest BCUT2D eigenvalue weighted by molar-refractivity contribution is 5.78. The molecule has 0 bridgehead atoms. The molecule has 94 valence electrons. The molecule has 1 unspecified atom stereocenters. The van der Waals surface area contributed by atoms with Gasteiger partial charge in [0.05, 0.1) is 0 Å². The van der Waals surface area contributed by atoms with Gasteiger partial charge in [0.15, 0.2) is 11.6 Å². The van der Waals surface area contributed by atoms with Crippen molar-refractivity contribution in [2.45, 2.75) is 39.5 Å². The second-order valence-electron chi connectivity index (χ2n) is 4.52. The Bertz CT molecular complexity index is 388. The SMILES string of the molecule is CCCC(=O)CC(C)Cc1cccc(F)c1F. The summed E-state index contributed by atoms with van der Waals surface area (Å²) < 4.78 is 26.4. The molecular weight excluding hydrogens is 222 g/mol. The Morgan fingerprint density at radius 2 is 2.06 bits per heavy atom. The topological polar surface area (TPSA) is 17.1 Å². The van der Waals surface area contributed by atoms with Gasteiger partial charge in [-0.15, -0.1) is 0 Å². The molecule has 1 aromatic rings. The van der Waals surface area contributed by atoms with Crippen LogP contribution in [0.5, 0.6) is 0 Å². The van der Waals surface area contributed by atoms with Crippen molar-refractivity contribution in [2.75, 3.05) is 0 Å². The number of benzene rings is 1. The summed E-state index contributed by atoms with van der Waals surface area (Å²) in [5.74, 6) is -1.38. The second kappa shape index (κ2) is 6.48. The van der Waals surface area contributed by atoms with Gasteiger partial charge in [-0.25, -0.2) is 8.78 Å². The third-order valence-electron chi connectivity index (χ3n) is 2.70. The van der Waals surface area contributed by atoms with Gasteiger partial charge in [-0.2, -0.15) is 0 Å². The average molecular weight is 240 g/mol. The fourth-order valence-corrected chi connectivity index (χ4v) is 1.92. The summed E-state index contributed by atoms with van der Waals surface area (Å²) in [4.78, 5) is 11.4. The van der Waals surface area contributed by atoms with E-state index in [4.69, 9.17) is 0 Å². The Morgan fingerprint density at radius 1 is 1.35 bits per heavy atom. The average Bonchev–Trinajstić information content (AvgIpc) is 2.25. The van der Waals surface area contributed by atoms with Crippen molar-refractivity contribution in [3.8, 4) is 0 Å². The van der Waals surface area contributed by atoms with Crippen LogP contribution < -0.4 is 0 Å². The molecule has 0 aliphatic rings. The van der Waals surface area contributed by atoms with Gasteiger partial charge in [0.2, 0.25) is 0 Å². The zero-order chi connectivity index (χ0) is 12.8. The van der Waals surface area contributed by atoms with Gasteiger partial charge in [0.25, 0.3) is 0 Å². The third-order valence-corrected chi connectivity index (χ3v) is 2.70. The van der Waals surface area contributed by atoms with Crippen LogP contribution in [-0.4, -0.2) is 5.78 Å². The molecule has 17 heavy (non-hydrogen) atoms. The van der Waals surface area contributed by atoms with Gasteiger partial charge < -0.3 is 0 Å². The largest absolute Gasteiger partial charge is 0.300 e. The highest BCUT2D eigenvalue weighted by atomic mass is 19.2. The Labute approximate surface area is 101 Å². The van der Waals surface area contributed by atoms with E-state index < -0.39 is 11.6 Å². The van der Waals surface area contributed by atoms with Crippen molar-refractivity contribution in [3.05, 3.63) is 35.4 Å². The lowest BCUT2D eigenvalue weighted by Gasteiger charge is -2.11. The maximum absolute atomic E-state index is 13.4. The lowest BCUT2D eigenvalue weighted by Crippen LogP contribution is -2.09. The predicted octanol–water partition coefficient (Wildman–Crippen LogP) is 3.90. The molecule has 1 nitrogen and oxygen atoms in total. The molecule has 0 aliphatic carbocycles. The number of ketones is 1. The number of carbonyl (C=O) groups excluding carboxylic acids is 1. The molecule has 1 atom stereocenters. The van der Waals surface area contributed by atoms with Crippen molar-refractivity contribution in [3.63, 3.8) is 0 Å². The second-order valence-corrected chi connectivity index (χ2v) is 4.52. The van der Waals surface area contributed by atoms with Gasteiger partial charge in [0.1, 0.15) is 5.78 Å². The minimum atomic E-state index is -0.824. The molecular formula is C14H18F2O. The first-order valence-corrected chi connectivity index (χ1v) is 5.99. The zero-order valence-electron chi connectivity index (χ0n) is 10.3. The fraction of sp³-hybridized carbons (Fsp3) is 0.500. The van der Waals surface area contributed by atoms with Gasteiger partial charge in [-0.05, 0) is 30.4 Å². The van der Waals surface area contributed by atoms with E-state index in [1.165, 1.54) is 6.07 Å². The fourth-order valence-electron chi connectivity index (χ4n) is 1.92. The first-order chi connectivity index (χ1) is 8.04. The Balaban J connectivity index is 2.59. The van der Waals surface area contributed by atoms with Crippen LogP contribution in [0.2, 0.25) is 0 Å². The Hall–Kier alpha value is -1.25. The third kappa shape index (κ3) is 4.25. The summed E-state index contributed by atoms with van der Waals surface area (Å²) in [6, 6.07) is 4.17. The quantitative estimate of drug-likeness (QED) is 0.737. The Kier molecular flexibility index (Phi) is 5.26. The van der Waals surface area contributed by atoms with E-state index in [1.54, 1.807) is 6.07 Å². The molecule has 0 fully saturated rings. The van der Waals surface area contributed by atoms with Crippen molar-refractivity contribution in [2.24, 2.45) is 5.92 Å². The minimum absolute atomic E-state index is 0.0466. The van der Waals surface area contributed by atoms with Crippen LogP contribution in [-0.2, 0) is 11.2 Å². The highest BCUT2D eigenvalue weighted by Gasteiger charge is 2.13. The van der Waals surface area contributed by atoms with Crippen LogP contribution >= 0.6 is 0 Å². The van der Waals surface area contributed by atoms with Crippen LogP contribution in [0.4, 0.5) is 8.78 Å². The highest BCUT2D eigenvalue weighted by Crippen LogP contribution is 2.18. The van der Waals surface area contributed by atoms with E-state index in [2.05, 4.69) is 0 Å². The van der Waals surface area contributed by atoms with E-state index in [1.807, 2.05) is 13.8 Å². The molecule has 0 amide bonds. The number of halogens is 2. The minimum Gasteiger partial charge on any atom is -0.300 e. The maximum Gasteiger partial charge on any atom is 0.162 e. The number of hydrogen-bond donors (Lipinski definition) is 0. The zero-order valence-corrected chi connectivity index (χ0v) is 10.3. The first kappa shape index (κ1) is 13.8. The number of rotatable bonds is 6. The molecule has 3 heteroatoms. The molecule has 0 aromatic heterocycles. The van der Waals surface area contributed by atoms with Crippen molar-refractivity contribution in [1.82, 2.24) is 0 Å². The molecule has 1 aromatic carbocycles. The first-order valence-electron chi connectivity index (χ1n) is 5.99. The summed E-state index contributed by atoms with van der Waals surface area (Å²) in [6.07, 6.45) is 2.23. The summed E-state index contributed by atoms with van der Waals surface area (Å²) in [5.41, 5.74) is 0.349. The summed E-state index contributed by atoms with van der Waals surface area (Å²) in [7, 11) is 0. The van der Waals surface area contributed by atoms with E-state index in [-0.39, 0.29) is 11.7 Å². The van der Waals surface area contributed by atoms with Crippen molar-refractivity contribution in [1.29, 1.82) is 0 Å². The molecule has 0 saturated carbocycles. The predicted molar refractivity (Wildman–Crippen MR) is 63.8 cm³/mol. The van der Waals surface area contributed by atoms with Crippen LogP contribution in [0.25, 0.3) is 0 Å². The molecule has 0 heterocycles. The normalized spacial score (nSPS) is 12.5. The lowest BCUT2D eigenvalue weighted by molar-refractivity contribution is -0.119. The van der Waals surface area contributed by atoms with Crippen molar-refractivity contribution < 1.29 is 13.6 Å². The van der Waals surface area contributed by atoms with Gasteiger partial charge >= 0.3 is 0 Å². The molecule has 0 N–H and O–H groups in total. The van der Waals surface area contributed by atoms with Crippen molar-refractivity contribution >= 4 is 5.78 Å². The molecule has 0 radical (unpaired) electrons. The van der Waals surface area contributed by atoms with E-state index in [0.717, 1.165) is 12.5 Å². The van der Waals surface area contributed by atoms with Gasteiger partial charge in [0, 0.05) is 12.8 Å². The number of carbonyl (C=O) groups is 1. The van der Waals surface area contributed by atoms with Crippen LogP contribution in [0, 0.1) is 17.6 Å². The molecule has 0 saturated heterocycles. The Morgan fingerprint density at radius 3 is 2.71 bits per heavy atom. The standard InChI is InChI=1S/C14H18F2O/c1-3-5-12(17)9-10(2)8-11-6-4-7-13(15)14(11)16/h4,6-7,10H,3,5,8-9H2,1-2H3. The van der Waals surface area contributed by atoms with Crippen LogP contribution in [0.15, 0.2) is 18.2 Å². The monoisotopic (exact) mass is 240 g/mol. The van der Waals surface area contributed by atoms with E-state index in [9.17, 15) is 13.6 Å². The summed E-state index contributed by atoms with van der Waals surface area (Å²) in [5, 5.41) is 0. The van der Waals surface area contributed by atoms with Crippen LogP contribution in [0.3, 0.4) is 0 Å². The van der Waals surface area contributed by atoms with E-state index >= 15 is 0 Å². The van der Waals surface area contributed by atoms with E-state index in [0.29, 0.717) is 24.8 Å². The van der Waals surface area contributed by atoms with Gasteiger partial charge in [-0.3, -0.25) is 4.79 Å². The number of hydrogen-bond acceptors (Lipinski definition) is 1. The summed E-state index contributed by atoms with van der Waals surface area (Å²) in [6.45, 7) is 3.84. The molecule has 0 aliphatic heterocycles. The summed E-state index contributed by atoms with van der Waals surface area (Å²) >= 11 is 0.